The number of hydrogen-bond donors (Lipinski definition) is 2. The maximum atomic E-state index is 10.8. The van der Waals surface area contributed by atoms with Gasteiger partial charge in [-0.25, -0.2) is 0 Å². The summed E-state index contributed by atoms with van der Waals surface area (Å²) in [5.74, 6) is 1.08. The first kappa shape index (κ1) is 8.04. The van der Waals surface area contributed by atoms with Crippen molar-refractivity contribution in [2.24, 2.45) is 5.73 Å². The Morgan fingerprint density at radius 1 is 1.90 bits per heavy atom. The molecule has 0 saturated carbocycles. The van der Waals surface area contributed by atoms with Gasteiger partial charge < -0.3 is 5.73 Å². The van der Waals surface area contributed by atoms with Crippen LogP contribution >= 0.6 is 11.8 Å². The quantitative estimate of drug-likeness (QED) is 0.575. The van der Waals surface area contributed by atoms with Crippen LogP contribution < -0.4 is 11.1 Å². The van der Waals surface area contributed by atoms with Crippen molar-refractivity contribution >= 4 is 17.5 Å². The molecule has 0 aromatic rings. The van der Waals surface area contributed by atoms with Gasteiger partial charge in [0.2, 0.25) is 0 Å². The summed E-state index contributed by atoms with van der Waals surface area (Å²) in [6.45, 7) is 2.21. The van der Waals surface area contributed by atoms with Crippen LogP contribution in [-0.4, -0.2) is 29.5 Å². The van der Waals surface area contributed by atoms with Gasteiger partial charge in [0, 0.05) is 12.3 Å². The lowest BCUT2D eigenvalue weighted by atomic mass is 10.2. The van der Waals surface area contributed by atoms with Gasteiger partial charge >= 0.3 is 0 Å². The fourth-order valence-electron chi connectivity index (χ4n) is 0.904. The first-order valence-electron chi connectivity index (χ1n) is 3.32. The van der Waals surface area contributed by atoms with E-state index < -0.39 is 0 Å². The Bertz CT molecular complexity index is 140. The van der Waals surface area contributed by atoms with Gasteiger partial charge in [0.1, 0.15) is 5.78 Å². The van der Waals surface area contributed by atoms with Crippen LogP contribution in [0.25, 0.3) is 0 Å². The van der Waals surface area contributed by atoms with Gasteiger partial charge in [0.15, 0.2) is 0 Å². The predicted molar refractivity (Wildman–Crippen MR) is 42.9 cm³/mol. The maximum absolute atomic E-state index is 10.8. The minimum Gasteiger partial charge on any atom is -0.328 e. The molecule has 58 valence electrons. The Balaban J connectivity index is 2.35. The van der Waals surface area contributed by atoms with Crippen LogP contribution in [0.1, 0.15) is 6.92 Å². The van der Waals surface area contributed by atoms with Gasteiger partial charge in [0.05, 0.1) is 11.4 Å². The largest absolute Gasteiger partial charge is 0.328 e. The third kappa shape index (κ3) is 1.71. The van der Waals surface area contributed by atoms with Gasteiger partial charge in [-0.2, -0.15) is 0 Å². The van der Waals surface area contributed by atoms with E-state index in [4.69, 9.17) is 5.73 Å². The number of carbonyl (C=O) groups excluding carboxylic acids is 1. The van der Waals surface area contributed by atoms with Crippen LogP contribution in [0.5, 0.6) is 0 Å². The van der Waals surface area contributed by atoms with Crippen LogP contribution in [0.15, 0.2) is 0 Å². The molecule has 3 N–H and O–H groups in total. The fraction of sp³-hybridized carbons (Fsp3) is 0.833. The fourth-order valence-corrected chi connectivity index (χ4v) is 2.06. The normalized spacial score (nSPS) is 32.6. The second kappa shape index (κ2) is 3.37. The van der Waals surface area contributed by atoms with E-state index in [0.29, 0.717) is 6.54 Å². The molecule has 0 amide bonds. The number of nitrogens with one attached hydrogen (secondary N) is 1. The van der Waals surface area contributed by atoms with Crippen molar-refractivity contribution < 1.29 is 4.79 Å². The zero-order valence-corrected chi connectivity index (χ0v) is 6.78. The molecule has 0 radical (unpaired) electrons. The molecule has 1 aliphatic rings. The first-order chi connectivity index (χ1) is 4.74. The minimum atomic E-state index is 0.0403. The zero-order chi connectivity index (χ0) is 7.56. The molecule has 0 aromatic heterocycles. The van der Waals surface area contributed by atoms with Crippen LogP contribution in [0.3, 0.4) is 0 Å². The molecule has 0 aliphatic carbocycles. The first-order valence-corrected chi connectivity index (χ1v) is 4.37. The molecule has 4 heteroatoms. The molecule has 1 saturated heterocycles. The summed E-state index contributed by atoms with van der Waals surface area (Å²) in [7, 11) is 0. The highest BCUT2D eigenvalue weighted by Crippen LogP contribution is 2.17. The summed E-state index contributed by atoms with van der Waals surface area (Å²) in [6, 6.07) is 0.0403. The molecule has 10 heavy (non-hydrogen) atoms. The van der Waals surface area contributed by atoms with Crippen LogP contribution in [0, 0.1) is 0 Å². The predicted octanol–water partition coefficient (Wildman–Crippen LogP) is -0.435. The number of rotatable bonds is 2. The maximum Gasteiger partial charge on any atom is 0.147 e. The van der Waals surface area contributed by atoms with Gasteiger partial charge in [0.25, 0.3) is 0 Å². The van der Waals surface area contributed by atoms with Crippen LogP contribution in [0.4, 0.5) is 0 Å². The highest BCUT2D eigenvalue weighted by atomic mass is 32.2. The molecule has 0 bridgehead atoms. The summed E-state index contributed by atoms with van der Waals surface area (Å²) >= 11 is 1.72. The van der Waals surface area contributed by atoms with Crippen LogP contribution in [0.2, 0.25) is 0 Å². The highest BCUT2D eigenvalue weighted by Gasteiger charge is 2.25. The average molecular weight is 160 g/mol. The van der Waals surface area contributed by atoms with Crippen molar-refractivity contribution in [2.75, 3.05) is 12.3 Å². The zero-order valence-electron chi connectivity index (χ0n) is 5.96. The van der Waals surface area contributed by atoms with Gasteiger partial charge in [-0.1, -0.05) is 0 Å². The topological polar surface area (TPSA) is 55.1 Å². The van der Waals surface area contributed by atoms with Crippen molar-refractivity contribution in [3.63, 3.8) is 0 Å². The molecule has 3 nitrogen and oxygen atoms in total. The van der Waals surface area contributed by atoms with Crippen molar-refractivity contribution in [1.82, 2.24) is 5.32 Å². The van der Waals surface area contributed by atoms with Crippen molar-refractivity contribution in [3.05, 3.63) is 0 Å². The Kier molecular flexibility index (Phi) is 2.71. The van der Waals surface area contributed by atoms with Gasteiger partial charge in [-0.15, -0.1) is 11.8 Å². The summed E-state index contributed by atoms with van der Waals surface area (Å²) in [6.07, 6.45) is 0. The number of Topliss-reactive ketones (excluding diaryl/α,β-unsaturated/α-hetero) is 1. The molecule has 1 heterocycles. The van der Waals surface area contributed by atoms with E-state index >= 15 is 0 Å². The number of nitrogens with two attached hydrogens (primary N) is 1. The third-order valence-corrected chi connectivity index (χ3v) is 2.81. The van der Waals surface area contributed by atoms with E-state index in [2.05, 4.69) is 5.32 Å². The Labute approximate surface area is 64.7 Å². The van der Waals surface area contributed by atoms with Crippen molar-refractivity contribution in [3.8, 4) is 0 Å². The SMILES string of the molecule is CC(=O)C1CSC(CN)N1. The molecule has 0 spiro atoms. The summed E-state index contributed by atoms with van der Waals surface area (Å²) in [5.41, 5.74) is 5.40. The number of carbonyl (C=O) groups is 1. The van der Waals surface area contributed by atoms with E-state index in [1.807, 2.05) is 0 Å². The van der Waals surface area contributed by atoms with Gasteiger partial charge in [-0.05, 0) is 6.92 Å². The third-order valence-electron chi connectivity index (χ3n) is 1.56. The molecule has 1 rings (SSSR count). The summed E-state index contributed by atoms with van der Waals surface area (Å²) in [4.78, 5) is 10.8. The lowest BCUT2D eigenvalue weighted by Crippen LogP contribution is -2.38. The second-order valence-electron chi connectivity index (χ2n) is 2.39. The van der Waals surface area contributed by atoms with E-state index in [1.54, 1.807) is 18.7 Å². The molecule has 0 aromatic carbocycles. The average Bonchev–Trinajstić information content (AvgIpc) is 2.34. The van der Waals surface area contributed by atoms with Crippen molar-refractivity contribution in [2.45, 2.75) is 18.3 Å². The standard InChI is InChI=1S/C6H12N2OS/c1-4(9)5-3-10-6(2-7)8-5/h5-6,8H,2-3,7H2,1H3. The van der Waals surface area contributed by atoms with E-state index in [9.17, 15) is 4.79 Å². The Hall–Kier alpha value is -0.0600. The summed E-state index contributed by atoms with van der Waals surface area (Å²) < 4.78 is 0. The molecular weight excluding hydrogens is 148 g/mol. The highest BCUT2D eigenvalue weighted by molar-refractivity contribution is 8.00. The smallest absolute Gasteiger partial charge is 0.147 e. The lowest BCUT2D eigenvalue weighted by Gasteiger charge is -2.07. The monoisotopic (exact) mass is 160 g/mol. The molecule has 2 atom stereocenters. The van der Waals surface area contributed by atoms with E-state index in [0.717, 1.165) is 5.75 Å². The van der Waals surface area contributed by atoms with Gasteiger partial charge in [-0.3, -0.25) is 10.1 Å². The number of ketones is 1. The van der Waals surface area contributed by atoms with E-state index in [-0.39, 0.29) is 17.2 Å². The van der Waals surface area contributed by atoms with E-state index in [1.165, 1.54) is 0 Å². The molecular formula is C6H12N2OS. The lowest BCUT2D eigenvalue weighted by molar-refractivity contribution is -0.118. The van der Waals surface area contributed by atoms with Crippen molar-refractivity contribution in [1.29, 1.82) is 0 Å². The number of hydrogen-bond acceptors (Lipinski definition) is 4. The molecule has 2 unspecified atom stereocenters. The molecule has 1 aliphatic heterocycles. The number of thioether (sulfide) groups is 1. The Morgan fingerprint density at radius 2 is 2.60 bits per heavy atom. The van der Waals surface area contributed by atoms with Crippen LogP contribution in [-0.2, 0) is 4.79 Å². The Morgan fingerprint density at radius 3 is 2.90 bits per heavy atom. The summed E-state index contributed by atoms with van der Waals surface area (Å²) in [5, 5.41) is 3.41. The second-order valence-corrected chi connectivity index (χ2v) is 3.62. The molecule has 1 fully saturated rings. The minimum absolute atomic E-state index is 0.0403.